The lowest BCUT2D eigenvalue weighted by molar-refractivity contribution is -0.138. The molecule has 0 aliphatic carbocycles. The van der Waals surface area contributed by atoms with Gasteiger partial charge < -0.3 is 19.5 Å². The minimum Gasteiger partial charge on any atom is -0.377 e. The van der Waals surface area contributed by atoms with Crippen molar-refractivity contribution in [2.24, 2.45) is 5.92 Å². The number of hydrogen-bond donors (Lipinski definition) is 1. The molecule has 11 heteroatoms. The molecule has 1 saturated heterocycles. The molecular formula is C24H40N2O8S. The second kappa shape index (κ2) is 18.4. The van der Waals surface area contributed by atoms with Gasteiger partial charge in [-0.15, -0.1) is 11.8 Å². The minimum atomic E-state index is -0.393. The van der Waals surface area contributed by atoms with Crippen LogP contribution in [0.3, 0.4) is 0 Å². The maximum absolute atomic E-state index is 12.5. The highest BCUT2D eigenvalue weighted by molar-refractivity contribution is 8.00. The van der Waals surface area contributed by atoms with Gasteiger partial charge in [-0.3, -0.25) is 28.9 Å². The molecule has 2 atom stereocenters. The molecule has 1 aliphatic rings. The summed E-state index contributed by atoms with van der Waals surface area (Å²) in [6, 6.07) is 0. The molecule has 1 N–H and O–H groups in total. The van der Waals surface area contributed by atoms with Crippen molar-refractivity contribution < 1.29 is 38.2 Å². The molecule has 10 nitrogen and oxygen atoms in total. The molecule has 0 bridgehead atoms. The number of nitrogens with zero attached hydrogens (tertiary/aromatic N) is 1. The molecule has 1 fully saturated rings. The predicted molar refractivity (Wildman–Crippen MR) is 132 cm³/mol. The Morgan fingerprint density at radius 2 is 1.66 bits per heavy atom. The van der Waals surface area contributed by atoms with Crippen LogP contribution in [0.5, 0.6) is 0 Å². The highest BCUT2D eigenvalue weighted by atomic mass is 32.2. The van der Waals surface area contributed by atoms with E-state index in [4.69, 9.17) is 14.2 Å². The lowest BCUT2D eigenvalue weighted by atomic mass is 10.1. The van der Waals surface area contributed by atoms with Crippen molar-refractivity contribution in [3.05, 3.63) is 0 Å². The van der Waals surface area contributed by atoms with Crippen molar-refractivity contribution >= 4 is 41.0 Å². The largest absolute Gasteiger partial charge is 0.377 e. The average Bonchev–Trinajstić information content (AvgIpc) is 3.07. The molecule has 0 aromatic carbocycles. The van der Waals surface area contributed by atoms with Crippen molar-refractivity contribution in [3.8, 4) is 0 Å². The molecule has 0 aromatic rings. The number of thioether (sulfide) groups is 1. The van der Waals surface area contributed by atoms with E-state index in [1.54, 1.807) is 0 Å². The molecule has 0 saturated carbocycles. The van der Waals surface area contributed by atoms with Crippen LogP contribution in [-0.4, -0.2) is 97.9 Å². The zero-order chi connectivity index (χ0) is 26.1. The molecule has 3 amide bonds. The van der Waals surface area contributed by atoms with Gasteiger partial charge in [-0.1, -0.05) is 13.3 Å². The summed E-state index contributed by atoms with van der Waals surface area (Å²) in [5.41, 5.74) is 0. The van der Waals surface area contributed by atoms with E-state index in [2.05, 4.69) is 5.32 Å². The Balaban J connectivity index is 1.99. The van der Waals surface area contributed by atoms with Crippen LogP contribution in [-0.2, 0) is 38.2 Å². The minimum absolute atomic E-state index is 0.0215. The topological polar surface area (TPSA) is 128 Å². The number of unbranched alkanes of at least 4 members (excludes halogenated alkanes) is 2. The Labute approximate surface area is 212 Å². The van der Waals surface area contributed by atoms with Gasteiger partial charge in [0, 0.05) is 37.6 Å². The maximum Gasteiger partial charge on any atom is 0.242 e. The summed E-state index contributed by atoms with van der Waals surface area (Å²) < 4.78 is 15.7. The number of Topliss-reactive ketones (excluding diaryl/α,β-unsaturated/α-hetero) is 2. The summed E-state index contributed by atoms with van der Waals surface area (Å²) in [7, 11) is 0. The summed E-state index contributed by atoms with van der Waals surface area (Å²) >= 11 is 1.38. The van der Waals surface area contributed by atoms with E-state index in [0.717, 1.165) is 6.42 Å². The lowest BCUT2D eigenvalue weighted by Crippen LogP contribution is -2.32. The molecule has 2 unspecified atom stereocenters. The van der Waals surface area contributed by atoms with Gasteiger partial charge in [-0.25, -0.2) is 0 Å². The molecule has 1 aliphatic heterocycles. The molecule has 0 spiro atoms. The zero-order valence-electron chi connectivity index (χ0n) is 21.2. The van der Waals surface area contributed by atoms with E-state index >= 15 is 0 Å². The van der Waals surface area contributed by atoms with Gasteiger partial charge in [-0.2, -0.15) is 0 Å². The SMILES string of the molecule is CC(=O)COCCOCCOCCNC(=O)CCCCCN1C(=O)CC(SCC(C)C(C)=O)C1=O. The van der Waals surface area contributed by atoms with E-state index < -0.39 is 5.25 Å². The third kappa shape index (κ3) is 14.4. The smallest absolute Gasteiger partial charge is 0.242 e. The van der Waals surface area contributed by atoms with E-state index in [1.807, 2.05) is 6.92 Å². The van der Waals surface area contributed by atoms with E-state index in [0.29, 0.717) is 71.1 Å². The molecule has 0 aromatic heterocycles. The van der Waals surface area contributed by atoms with Crippen molar-refractivity contribution in [1.82, 2.24) is 10.2 Å². The first-order chi connectivity index (χ1) is 16.7. The third-order valence-electron chi connectivity index (χ3n) is 5.35. The fourth-order valence-corrected chi connectivity index (χ4v) is 4.42. The van der Waals surface area contributed by atoms with Crippen LogP contribution >= 0.6 is 11.8 Å². The fourth-order valence-electron chi connectivity index (χ4n) is 3.13. The maximum atomic E-state index is 12.5. The van der Waals surface area contributed by atoms with Crippen molar-refractivity contribution in [3.63, 3.8) is 0 Å². The number of imide groups is 1. The number of carbonyl (C=O) groups is 5. The standard InChI is InChI=1S/C24H40N2O8S/c1-18(20(3)28)17-35-21-15-23(30)26(24(21)31)9-6-4-5-7-22(29)25-8-10-32-11-12-33-13-14-34-16-19(2)27/h18,21H,4-17H2,1-3H3,(H,25,29). The van der Waals surface area contributed by atoms with Crippen molar-refractivity contribution in [2.75, 3.05) is 58.5 Å². The normalized spacial score (nSPS) is 16.5. The third-order valence-corrected chi connectivity index (χ3v) is 6.81. The fraction of sp³-hybridized carbons (Fsp3) is 0.792. The van der Waals surface area contributed by atoms with Gasteiger partial charge in [0.2, 0.25) is 17.7 Å². The number of carbonyl (C=O) groups excluding carboxylic acids is 5. The van der Waals surface area contributed by atoms with E-state index in [-0.39, 0.29) is 48.2 Å². The summed E-state index contributed by atoms with van der Waals surface area (Å²) in [5.74, 6) is 0.0905. The van der Waals surface area contributed by atoms with Crippen molar-refractivity contribution in [1.29, 1.82) is 0 Å². The second-order valence-corrected chi connectivity index (χ2v) is 9.80. The lowest BCUT2D eigenvalue weighted by Gasteiger charge is -2.15. The van der Waals surface area contributed by atoms with Crippen LogP contribution < -0.4 is 5.32 Å². The first kappa shape index (κ1) is 31.2. The van der Waals surface area contributed by atoms with Gasteiger partial charge >= 0.3 is 0 Å². The Bertz CT molecular complexity index is 703. The zero-order valence-corrected chi connectivity index (χ0v) is 22.0. The number of likely N-dealkylation sites (tertiary alicyclic amines) is 1. The summed E-state index contributed by atoms with van der Waals surface area (Å²) in [4.78, 5) is 59.9. The predicted octanol–water partition coefficient (Wildman–Crippen LogP) is 1.39. The van der Waals surface area contributed by atoms with Crippen LogP contribution in [0.4, 0.5) is 0 Å². The monoisotopic (exact) mass is 516 g/mol. The van der Waals surface area contributed by atoms with Gasteiger partial charge in [0.1, 0.15) is 12.4 Å². The van der Waals surface area contributed by atoms with Gasteiger partial charge in [-0.05, 0) is 26.7 Å². The van der Waals surface area contributed by atoms with Gasteiger partial charge in [0.25, 0.3) is 0 Å². The number of amides is 3. The Morgan fingerprint density at radius 3 is 2.31 bits per heavy atom. The second-order valence-electron chi connectivity index (χ2n) is 8.56. The van der Waals surface area contributed by atoms with Crippen LogP contribution in [0.1, 0.15) is 52.9 Å². The first-order valence-corrected chi connectivity index (χ1v) is 13.2. The molecular weight excluding hydrogens is 476 g/mol. The van der Waals surface area contributed by atoms with Crippen LogP contribution in [0.25, 0.3) is 0 Å². The highest BCUT2D eigenvalue weighted by Crippen LogP contribution is 2.27. The van der Waals surface area contributed by atoms with Crippen molar-refractivity contribution in [2.45, 2.75) is 58.1 Å². The number of rotatable bonds is 21. The molecule has 1 rings (SSSR count). The summed E-state index contributed by atoms with van der Waals surface area (Å²) in [6.07, 6.45) is 2.66. The highest BCUT2D eigenvalue weighted by Gasteiger charge is 2.38. The van der Waals surface area contributed by atoms with Gasteiger partial charge in [0.15, 0.2) is 5.78 Å². The molecule has 200 valence electrons. The van der Waals surface area contributed by atoms with Crippen LogP contribution in [0, 0.1) is 5.92 Å². The first-order valence-electron chi connectivity index (χ1n) is 12.2. The number of ether oxygens (including phenoxy) is 3. The van der Waals surface area contributed by atoms with Crippen LogP contribution in [0.15, 0.2) is 0 Å². The quantitative estimate of drug-likeness (QED) is 0.178. The Morgan fingerprint density at radius 1 is 1.00 bits per heavy atom. The molecule has 35 heavy (non-hydrogen) atoms. The Hall–Kier alpha value is -1.82. The van der Waals surface area contributed by atoms with E-state index in [1.165, 1.54) is 30.5 Å². The molecule has 1 heterocycles. The van der Waals surface area contributed by atoms with E-state index in [9.17, 15) is 24.0 Å². The molecule has 0 radical (unpaired) electrons. The summed E-state index contributed by atoms with van der Waals surface area (Å²) in [6.45, 7) is 7.68. The Kier molecular flexibility index (Phi) is 16.5. The van der Waals surface area contributed by atoms with Gasteiger partial charge in [0.05, 0.1) is 38.3 Å². The number of ketones is 2. The van der Waals surface area contributed by atoms with Crippen LogP contribution in [0.2, 0.25) is 0 Å². The summed E-state index contributed by atoms with van der Waals surface area (Å²) in [5, 5.41) is 2.40. The number of nitrogens with one attached hydrogen (secondary N) is 1. The number of hydrogen-bond acceptors (Lipinski definition) is 9. The average molecular weight is 517 g/mol.